The van der Waals surface area contributed by atoms with E-state index in [0.717, 1.165) is 39.2 Å². The molecular weight excluding hydrogens is 408 g/mol. The van der Waals surface area contributed by atoms with Gasteiger partial charge in [-0.05, 0) is 64.6 Å². The first-order chi connectivity index (χ1) is 14.9. The smallest absolute Gasteiger partial charge is 0.211 e. The van der Waals surface area contributed by atoms with Gasteiger partial charge in [-0.2, -0.15) is 9.57 Å². The van der Waals surface area contributed by atoms with Gasteiger partial charge < -0.3 is 11.1 Å². The third kappa shape index (κ3) is 4.47. The highest BCUT2D eigenvalue weighted by Crippen LogP contribution is 2.32. The molecule has 6 nitrogen and oxygen atoms in total. The summed E-state index contributed by atoms with van der Waals surface area (Å²) in [6.07, 6.45) is 1.92. The highest BCUT2D eigenvalue weighted by molar-refractivity contribution is 7.88. The number of benzene rings is 3. The van der Waals surface area contributed by atoms with Gasteiger partial charge in [0, 0.05) is 31.0 Å². The van der Waals surface area contributed by atoms with E-state index in [9.17, 15) is 8.42 Å². The minimum absolute atomic E-state index is 0.395. The number of rotatable bonds is 5. The summed E-state index contributed by atoms with van der Waals surface area (Å²) in [6.45, 7) is 1.29. The van der Waals surface area contributed by atoms with Crippen LogP contribution in [0.4, 0.5) is 11.4 Å². The van der Waals surface area contributed by atoms with Gasteiger partial charge in [-0.1, -0.05) is 30.3 Å². The number of hydrogen-bond donors (Lipinski definition) is 2. The Labute approximate surface area is 183 Å². The molecule has 4 rings (SSSR count). The molecule has 0 saturated heterocycles. The number of nitriles is 1. The van der Waals surface area contributed by atoms with E-state index in [-0.39, 0.29) is 0 Å². The van der Waals surface area contributed by atoms with Crippen LogP contribution >= 0.6 is 0 Å². The van der Waals surface area contributed by atoms with Crippen LogP contribution in [-0.4, -0.2) is 25.5 Å². The van der Waals surface area contributed by atoms with Crippen molar-refractivity contribution in [1.29, 1.82) is 5.26 Å². The third-order valence-electron chi connectivity index (χ3n) is 5.63. The molecule has 0 fully saturated rings. The van der Waals surface area contributed by atoms with E-state index in [0.29, 0.717) is 31.6 Å². The van der Waals surface area contributed by atoms with Crippen molar-refractivity contribution < 1.29 is 8.42 Å². The molecule has 3 aromatic carbocycles. The summed E-state index contributed by atoms with van der Waals surface area (Å²) in [4.78, 5) is 0. The quantitative estimate of drug-likeness (QED) is 0.640. The van der Waals surface area contributed by atoms with Gasteiger partial charge in [-0.25, -0.2) is 8.42 Å². The van der Waals surface area contributed by atoms with Gasteiger partial charge in [0.2, 0.25) is 10.0 Å². The molecule has 0 saturated carbocycles. The maximum Gasteiger partial charge on any atom is 0.211 e. The SMILES string of the molecule is CS(=O)(=O)N1CCc2c(cccc2Nc2ccc(CN)c(-c3ccc(C#N)cc3)c2)C1. The molecule has 0 bridgehead atoms. The maximum absolute atomic E-state index is 11.9. The van der Waals surface area contributed by atoms with Crippen molar-refractivity contribution in [1.82, 2.24) is 4.31 Å². The zero-order chi connectivity index (χ0) is 22.0. The number of hydrogen-bond acceptors (Lipinski definition) is 5. The third-order valence-corrected chi connectivity index (χ3v) is 6.88. The Morgan fingerprint density at radius 3 is 2.58 bits per heavy atom. The molecule has 3 aromatic rings. The normalized spacial score (nSPS) is 14.0. The van der Waals surface area contributed by atoms with Crippen LogP contribution in [0.2, 0.25) is 0 Å². The van der Waals surface area contributed by atoms with Crippen LogP contribution in [0.5, 0.6) is 0 Å². The second-order valence-corrected chi connectivity index (χ2v) is 9.66. The Hall–Kier alpha value is -3.18. The summed E-state index contributed by atoms with van der Waals surface area (Å²) in [6, 6.07) is 21.6. The van der Waals surface area contributed by atoms with Gasteiger partial charge in [-0.3, -0.25) is 0 Å². The fourth-order valence-corrected chi connectivity index (χ4v) is 4.76. The number of nitrogens with two attached hydrogens (primary N) is 1. The van der Waals surface area contributed by atoms with Crippen LogP contribution in [0, 0.1) is 11.3 Å². The Morgan fingerprint density at radius 2 is 1.90 bits per heavy atom. The van der Waals surface area contributed by atoms with E-state index < -0.39 is 10.0 Å². The molecule has 31 heavy (non-hydrogen) atoms. The largest absolute Gasteiger partial charge is 0.355 e. The summed E-state index contributed by atoms with van der Waals surface area (Å²) in [5.41, 5.74) is 13.7. The van der Waals surface area contributed by atoms with Crippen molar-refractivity contribution in [2.45, 2.75) is 19.5 Å². The van der Waals surface area contributed by atoms with Gasteiger partial charge in [0.25, 0.3) is 0 Å². The van der Waals surface area contributed by atoms with Crippen molar-refractivity contribution in [3.63, 3.8) is 0 Å². The Bertz CT molecular complexity index is 1260. The van der Waals surface area contributed by atoms with E-state index >= 15 is 0 Å². The lowest BCUT2D eigenvalue weighted by atomic mass is 9.97. The molecule has 0 unspecified atom stereocenters. The molecule has 158 valence electrons. The number of anilines is 2. The average Bonchev–Trinajstić information content (AvgIpc) is 2.78. The van der Waals surface area contributed by atoms with Crippen LogP contribution in [0.25, 0.3) is 11.1 Å². The van der Waals surface area contributed by atoms with E-state index in [1.54, 1.807) is 12.1 Å². The van der Waals surface area contributed by atoms with Crippen molar-refractivity contribution in [3.8, 4) is 17.2 Å². The average molecular weight is 433 g/mol. The molecule has 1 aliphatic heterocycles. The first-order valence-electron chi connectivity index (χ1n) is 10.1. The summed E-state index contributed by atoms with van der Waals surface area (Å²) in [7, 11) is -3.21. The lowest BCUT2D eigenvalue weighted by Crippen LogP contribution is -2.35. The standard InChI is InChI=1S/C24H24N4O2S/c1-31(29,30)28-12-11-22-20(16-28)3-2-4-24(22)27-21-10-9-19(15-26)23(13-21)18-7-5-17(14-25)6-8-18/h2-10,13,27H,11-12,15-16,26H2,1H3. The number of nitrogens with one attached hydrogen (secondary N) is 1. The van der Waals surface area contributed by atoms with Crippen LogP contribution in [0.15, 0.2) is 60.7 Å². The second kappa shape index (κ2) is 8.52. The highest BCUT2D eigenvalue weighted by Gasteiger charge is 2.24. The fourth-order valence-electron chi connectivity index (χ4n) is 3.96. The summed E-state index contributed by atoms with van der Waals surface area (Å²) >= 11 is 0. The zero-order valence-electron chi connectivity index (χ0n) is 17.3. The van der Waals surface area contributed by atoms with Gasteiger partial charge >= 0.3 is 0 Å². The first kappa shape index (κ1) is 21.1. The minimum Gasteiger partial charge on any atom is -0.355 e. The summed E-state index contributed by atoms with van der Waals surface area (Å²) in [5.74, 6) is 0. The second-order valence-electron chi connectivity index (χ2n) is 7.68. The fraction of sp³-hybridized carbons (Fsp3) is 0.208. The molecule has 3 N–H and O–H groups in total. The summed E-state index contributed by atoms with van der Waals surface area (Å²) in [5, 5.41) is 12.6. The van der Waals surface area contributed by atoms with Crippen LogP contribution < -0.4 is 11.1 Å². The highest BCUT2D eigenvalue weighted by atomic mass is 32.2. The molecule has 0 aliphatic carbocycles. The number of fused-ring (bicyclic) bond motifs is 1. The van der Waals surface area contributed by atoms with Gasteiger partial charge in [0.05, 0.1) is 17.9 Å². The van der Waals surface area contributed by atoms with Crippen LogP contribution in [-0.2, 0) is 29.5 Å². The molecule has 0 radical (unpaired) electrons. The Kier molecular flexibility index (Phi) is 5.79. The monoisotopic (exact) mass is 432 g/mol. The predicted octanol–water partition coefficient (Wildman–Crippen LogP) is 3.75. The molecule has 0 aromatic heterocycles. The van der Waals surface area contributed by atoms with E-state index in [4.69, 9.17) is 11.0 Å². The Balaban J connectivity index is 1.66. The molecule has 1 aliphatic rings. The Morgan fingerprint density at radius 1 is 1.13 bits per heavy atom. The molecule has 0 atom stereocenters. The van der Waals surface area contributed by atoms with Crippen LogP contribution in [0.3, 0.4) is 0 Å². The summed E-state index contributed by atoms with van der Waals surface area (Å²) < 4.78 is 25.4. The van der Waals surface area contributed by atoms with Crippen molar-refractivity contribution in [2.75, 3.05) is 18.1 Å². The molecule has 0 spiro atoms. The maximum atomic E-state index is 11.9. The number of nitrogens with zero attached hydrogens (tertiary/aromatic N) is 2. The van der Waals surface area contributed by atoms with Gasteiger partial charge in [-0.15, -0.1) is 0 Å². The number of sulfonamides is 1. The van der Waals surface area contributed by atoms with E-state index in [2.05, 4.69) is 17.5 Å². The van der Waals surface area contributed by atoms with E-state index in [1.165, 1.54) is 10.6 Å². The van der Waals surface area contributed by atoms with Crippen molar-refractivity contribution >= 4 is 21.4 Å². The molecular formula is C24H24N4O2S. The molecule has 1 heterocycles. The first-order valence-corrected chi connectivity index (χ1v) is 11.9. The molecule has 7 heteroatoms. The topological polar surface area (TPSA) is 99.2 Å². The lowest BCUT2D eigenvalue weighted by molar-refractivity contribution is 0.395. The van der Waals surface area contributed by atoms with Gasteiger partial charge in [0.15, 0.2) is 0 Å². The zero-order valence-corrected chi connectivity index (χ0v) is 18.1. The molecule has 0 amide bonds. The van der Waals surface area contributed by atoms with Crippen molar-refractivity contribution in [2.24, 2.45) is 5.73 Å². The lowest BCUT2D eigenvalue weighted by Gasteiger charge is -2.28. The van der Waals surface area contributed by atoms with Crippen LogP contribution in [0.1, 0.15) is 22.3 Å². The van der Waals surface area contributed by atoms with Crippen molar-refractivity contribution in [3.05, 3.63) is 82.9 Å². The minimum atomic E-state index is -3.21. The predicted molar refractivity (Wildman–Crippen MR) is 123 cm³/mol. The van der Waals surface area contributed by atoms with Gasteiger partial charge in [0.1, 0.15) is 0 Å². The van der Waals surface area contributed by atoms with E-state index in [1.807, 2.05) is 42.5 Å².